The van der Waals surface area contributed by atoms with Crippen molar-refractivity contribution < 1.29 is 22.7 Å². The number of carbonyl (C=O) groups is 2. The van der Waals surface area contributed by atoms with Crippen molar-refractivity contribution in [2.24, 2.45) is 5.92 Å². The van der Waals surface area contributed by atoms with Crippen molar-refractivity contribution in [3.63, 3.8) is 0 Å². The standard InChI is InChI=1S/C16H22N2O5S/c1-11(2)8-9-17-24(21,22)12-4-5-14(23-3)13(10-12)18-15(19)6-7-16(18)20/h4-5,10-11,17H,6-9H2,1-3H3. The lowest BCUT2D eigenvalue weighted by molar-refractivity contribution is -0.121. The van der Waals surface area contributed by atoms with E-state index in [1.807, 2.05) is 13.8 Å². The van der Waals surface area contributed by atoms with Gasteiger partial charge in [-0.1, -0.05) is 13.8 Å². The number of sulfonamides is 1. The second-order valence-electron chi connectivity index (χ2n) is 6.04. The average Bonchev–Trinajstić information content (AvgIpc) is 2.85. The molecule has 0 aliphatic carbocycles. The summed E-state index contributed by atoms with van der Waals surface area (Å²) in [5.41, 5.74) is 0.164. The molecule has 0 atom stereocenters. The molecule has 1 aliphatic rings. The second-order valence-corrected chi connectivity index (χ2v) is 7.80. The summed E-state index contributed by atoms with van der Waals surface area (Å²) in [5, 5.41) is 0. The summed E-state index contributed by atoms with van der Waals surface area (Å²) >= 11 is 0. The first-order valence-corrected chi connectivity index (χ1v) is 9.28. The number of carbonyl (C=O) groups excluding carboxylic acids is 2. The SMILES string of the molecule is COc1ccc(S(=O)(=O)NCCC(C)C)cc1N1C(=O)CCC1=O. The molecule has 8 heteroatoms. The minimum absolute atomic E-state index is 0.00504. The highest BCUT2D eigenvalue weighted by atomic mass is 32.2. The molecule has 2 rings (SSSR count). The normalized spacial score (nSPS) is 15.4. The van der Waals surface area contributed by atoms with Crippen LogP contribution in [0.5, 0.6) is 5.75 Å². The van der Waals surface area contributed by atoms with Crippen LogP contribution in [-0.4, -0.2) is 33.9 Å². The molecule has 0 saturated carbocycles. The Hall–Kier alpha value is -1.93. The third-order valence-corrected chi connectivity index (χ3v) is 5.23. The summed E-state index contributed by atoms with van der Waals surface area (Å²) in [6.07, 6.45) is 0.947. The van der Waals surface area contributed by atoms with E-state index in [1.54, 1.807) is 0 Å². The van der Waals surface area contributed by atoms with E-state index in [1.165, 1.54) is 25.3 Å². The molecule has 0 aromatic heterocycles. The van der Waals surface area contributed by atoms with Gasteiger partial charge in [-0.25, -0.2) is 18.0 Å². The lowest BCUT2D eigenvalue weighted by Crippen LogP contribution is -2.30. The maximum Gasteiger partial charge on any atom is 0.240 e. The van der Waals surface area contributed by atoms with Gasteiger partial charge in [0.1, 0.15) is 5.75 Å². The molecule has 2 amide bonds. The fraction of sp³-hybridized carbons (Fsp3) is 0.500. The van der Waals surface area contributed by atoms with Gasteiger partial charge < -0.3 is 4.74 Å². The summed E-state index contributed by atoms with van der Waals surface area (Å²) < 4.78 is 32.5. The number of anilines is 1. The number of imide groups is 1. The minimum Gasteiger partial charge on any atom is -0.495 e. The van der Waals surface area contributed by atoms with Crippen molar-refractivity contribution in [1.29, 1.82) is 0 Å². The van der Waals surface area contributed by atoms with Crippen LogP contribution in [0.1, 0.15) is 33.1 Å². The van der Waals surface area contributed by atoms with Gasteiger partial charge in [0.05, 0.1) is 17.7 Å². The van der Waals surface area contributed by atoms with Crippen molar-refractivity contribution >= 4 is 27.5 Å². The molecule has 1 aromatic rings. The third kappa shape index (κ3) is 3.93. The molecule has 0 bridgehead atoms. The van der Waals surface area contributed by atoms with Gasteiger partial charge in [-0.3, -0.25) is 9.59 Å². The number of ether oxygens (including phenoxy) is 1. The molecule has 0 radical (unpaired) electrons. The first kappa shape index (κ1) is 18.4. The van der Waals surface area contributed by atoms with Crippen LogP contribution in [0.15, 0.2) is 23.1 Å². The molecule has 1 N–H and O–H groups in total. The van der Waals surface area contributed by atoms with Crippen LogP contribution < -0.4 is 14.4 Å². The monoisotopic (exact) mass is 354 g/mol. The van der Waals surface area contributed by atoms with Gasteiger partial charge in [-0.2, -0.15) is 0 Å². The quantitative estimate of drug-likeness (QED) is 0.752. The highest BCUT2D eigenvalue weighted by Gasteiger charge is 2.33. The van der Waals surface area contributed by atoms with Crippen LogP contribution in [-0.2, 0) is 19.6 Å². The van der Waals surface area contributed by atoms with E-state index in [-0.39, 0.29) is 41.0 Å². The van der Waals surface area contributed by atoms with E-state index >= 15 is 0 Å². The molecular formula is C16H22N2O5S. The molecule has 1 fully saturated rings. The van der Waals surface area contributed by atoms with Crippen LogP contribution in [0.2, 0.25) is 0 Å². The zero-order valence-corrected chi connectivity index (χ0v) is 14.9. The highest BCUT2D eigenvalue weighted by molar-refractivity contribution is 7.89. The number of rotatable bonds is 7. The van der Waals surface area contributed by atoms with Crippen LogP contribution in [0, 0.1) is 5.92 Å². The predicted molar refractivity (Wildman–Crippen MR) is 89.4 cm³/mol. The number of nitrogens with zero attached hydrogens (tertiary/aromatic N) is 1. The molecule has 1 aliphatic heterocycles. The Balaban J connectivity index is 2.34. The van der Waals surface area contributed by atoms with Crippen molar-refractivity contribution in [2.75, 3.05) is 18.6 Å². The Morgan fingerprint density at radius 1 is 1.21 bits per heavy atom. The molecule has 7 nitrogen and oxygen atoms in total. The van der Waals surface area contributed by atoms with Gasteiger partial charge in [0.25, 0.3) is 0 Å². The number of benzene rings is 1. The van der Waals surface area contributed by atoms with Crippen molar-refractivity contribution in [3.05, 3.63) is 18.2 Å². The van der Waals surface area contributed by atoms with Crippen molar-refractivity contribution in [1.82, 2.24) is 4.72 Å². The molecule has 1 saturated heterocycles. The maximum atomic E-state index is 12.4. The summed E-state index contributed by atoms with van der Waals surface area (Å²) in [4.78, 5) is 24.9. The van der Waals surface area contributed by atoms with Gasteiger partial charge in [0, 0.05) is 19.4 Å². The van der Waals surface area contributed by atoms with Crippen LogP contribution >= 0.6 is 0 Å². The molecule has 0 unspecified atom stereocenters. The summed E-state index contributed by atoms with van der Waals surface area (Å²) in [6.45, 7) is 4.33. The highest BCUT2D eigenvalue weighted by Crippen LogP contribution is 2.34. The smallest absolute Gasteiger partial charge is 0.240 e. The lowest BCUT2D eigenvalue weighted by Gasteiger charge is -2.18. The molecule has 1 aromatic carbocycles. The van der Waals surface area contributed by atoms with E-state index in [0.29, 0.717) is 18.9 Å². The fourth-order valence-corrected chi connectivity index (χ4v) is 3.49. The largest absolute Gasteiger partial charge is 0.495 e. The number of nitrogens with one attached hydrogen (secondary N) is 1. The summed E-state index contributed by atoms with van der Waals surface area (Å²) in [7, 11) is -2.32. The van der Waals surface area contributed by atoms with Gasteiger partial charge in [-0.05, 0) is 30.5 Å². The lowest BCUT2D eigenvalue weighted by atomic mass is 10.1. The fourth-order valence-electron chi connectivity index (χ4n) is 2.42. The maximum absolute atomic E-state index is 12.4. The Morgan fingerprint density at radius 2 is 1.83 bits per heavy atom. The number of hydrogen-bond donors (Lipinski definition) is 1. The molecule has 1 heterocycles. The van der Waals surface area contributed by atoms with Gasteiger partial charge in [0.2, 0.25) is 21.8 Å². The van der Waals surface area contributed by atoms with E-state index in [0.717, 1.165) is 4.90 Å². The summed E-state index contributed by atoms with van der Waals surface area (Å²) in [5.74, 6) is -0.0695. The second kappa shape index (κ2) is 7.31. The van der Waals surface area contributed by atoms with E-state index in [9.17, 15) is 18.0 Å². The molecule has 24 heavy (non-hydrogen) atoms. The van der Waals surface area contributed by atoms with E-state index in [4.69, 9.17) is 4.74 Å². The first-order chi connectivity index (χ1) is 11.3. The Labute approximate surface area is 142 Å². The zero-order valence-electron chi connectivity index (χ0n) is 14.0. The first-order valence-electron chi connectivity index (χ1n) is 7.79. The Morgan fingerprint density at radius 3 is 2.38 bits per heavy atom. The third-order valence-electron chi connectivity index (χ3n) is 3.77. The zero-order chi connectivity index (χ0) is 17.9. The average molecular weight is 354 g/mol. The van der Waals surface area contributed by atoms with Crippen LogP contribution in [0.3, 0.4) is 0 Å². The number of hydrogen-bond acceptors (Lipinski definition) is 5. The van der Waals surface area contributed by atoms with Gasteiger partial charge >= 0.3 is 0 Å². The molecule has 0 spiro atoms. The summed E-state index contributed by atoms with van der Waals surface area (Å²) in [6, 6.07) is 4.15. The van der Waals surface area contributed by atoms with Gasteiger partial charge in [-0.15, -0.1) is 0 Å². The van der Waals surface area contributed by atoms with Crippen LogP contribution in [0.4, 0.5) is 5.69 Å². The Kier molecular flexibility index (Phi) is 5.61. The number of amides is 2. The predicted octanol–water partition coefficient (Wildman–Crippen LogP) is 1.67. The Bertz CT molecular complexity index is 727. The minimum atomic E-state index is -3.72. The molecule has 132 valence electrons. The topological polar surface area (TPSA) is 92.8 Å². The van der Waals surface area contributed by atoms with Crippen molar-refractivity contribution in [3.8, 4) is 5.75 Å². The van der Waals surface area contributed by atoms with Crippen LogP contribution in [0.25, 0.3) is 0 Å². The number of methoxy groups -OCH3 is 1. The van der Waals surface area contributed by atoms with Gasteiger partial charge in [0.15, 0.2) is 0 Å². The van der Waals surface area contributed by atoms with E-state index < -0.39 is 10.0 Å². The molecular weight excluding hydrogens is 332 g/mol. The van der Waals surface area contributed by atoms with Crippen molar-refractivity contribution in [2.45, 2.75) is 38.0 Å². The van der Waals surface area contributed by atoms with E-state index in [2.05, 4.69) is 4.72 Å².